The first kappa shape index (κ1) is 16.7. The van der Waals surface area contributed by atoms with E-state index in [0.717, 1.165) is 51.4 Å². The van der Waals surface area contributed by atoms with E-state index in [-0.39, 0.29) is 17.9 Å². The molecule has 2 fully saturated rings. The van der Waals surface area contributed by atoms with Crippen molar-refractivity contribution >= 4 is 15.9 Å². The van der Waals surface area contributed by atoms with Gasteiger partial charge in [-0.3, -0.25) is 4.79 Å². The average Bonchev–Trinajstić information content (AvgIpc) is 2.82. The number of nitrogens with one attached hydrogen (secondary N) is 2. The van der Waals surface area contributed by atoms with E-state index in [1.807, 2.05) is 0 Å². The van der Waals surface area contributed by atoms with Crippen LogP contribution in [0.4, 0.5) is 0 Å². The lowest BCUT2D eigenvalue weighted by atomic mass is 9.82. The summed E-state index contributed by atoms with van der Waals surface area (Å²) in [5.41, 5.74) is 5.47. The maximum atomic E-state index is 12.3. The average molecular weight is 317 g/mol. The number of rotatable bonds is 5. The summed E-state index contributed by atoms with van der Waals surface area (Å²) in [4.78, 5) is 12.3. The highest BCUT2D eigenvalue weighted by molar-refractivity contribution is 7.88. The van der Waals surface area contributed by atoms with Crippen molar-refractivity contribution in [2.45, 2.75) is 62.9 Å². The fourth-order valence-corrected chi connectivity index (χ4v) is 4.38. The fourth-order valence-electron chi connectivity index (χ4n) is 3.52. The summed E-state index contributed by atoms with van der Waals surface area (Å²) in [6.45, 7) is 0.505. The highest BCUT2D eigenvalue weighted by Crippen LogP contribution is 2.28. The summed E-state index contributed by atoms with van der Waals surface area (Å²) < 4.78 is 25.4. The minimum absolute atomic E-state index is 0.0691. The van der Waals surface area contributed by atoms with Gasteiger partial charge in [-0.25, -0.2) is 13.1 Å². The van der Waals surface area contributed by atoms with E-state index in [9.17, 15) is 13.2 Å². The largest absolute Gasteiger partial charge is 0.354 e. The van der Waals surface area contributed by atoms with Crippen molar-refractivity contribution in [3.05, 3.63) is 0 Å². The van der Waals surface area contributed by atoms with Crippen LogP contribution < -0.4 is 15.8 Å². The Morgan fingerprint density at radius 1 is 1.19 bits per heavy atom. The second-order valence-corrected chi connectivity index (χ2v) is 8.39. The normalized spacial score (nSPS) is 29.2. The van der Waals surface area contributed by atoms with E-state index >= 15 is 0 Å². The Balaban J connectivity index is 1.85. The highest BCUT2D eigenvalue weighted by Gasteiger charge is 2.36. The van der Waals surface area contributed by atoms with Gasteiger partial charge in [0.05, 0.1) is 11.8 Å². The van der Waals surface area contributed by atoms with Gasteiger partial charge in [0, 0.05) is 12.6 Å². The summed E-state index contributed by atoms with van der Waals surface area (Å²) in [5.74, 6) is 0.0862. The molecule has 122 valence electrons. The van der Waals surface area contributed by atoms with Crippen molar-refractivity contribution in [3.8, 4) is 0 Å². The van der Waals surface area contributed by atoms with E-state index < -0.39 is 15.6 Å². The van der Waals surface area contributed by atoms with E-state index in [4.69, 9.17) is 5.73 Å². The molecule has 0 aromatic carbocycles. The quantitative estimate of drug-likeness (QED) is 0.686. The molecule has 0 bridgehead atoms. The molecule has 0 heterocycles. The fraction of sp³-hybridized carbons (Fsp3) is 0.929. The molecule has 2 rings (SSSR count). The molecule has 0 saturated heterocycles. The van der Waals surface area contributed by atoms with Crippen LogP contribution in [0, 0.1) is 5.92 Å². The molecule has 0 aliphatic heterocycles. The van der Waals surface area contributed by atoms with Gasteiger partial charge in [-0.05, 0) is 31.6 Å². The van der Waals surface area contributed by atoms with Crippen molar-refractivity contribution in [3.63, 3.8) is 0 Å². The number of carbonyl (C=O) groups is 1. The van der Waals surface area contributed by atoms with Gasteiger partial charge < -0.3 is 11.1 Å². The van der Waals surface area contributed by atoms with E-state index in [0.29, 0.717) is 6.54 Å². The molecular formula is C14H27N3O3S. The minimum atomic E-state index is -3.20. The van der Waals surface area contributed by atoms with Crippen LogP contribution >= 0.6 is 0 Å². The second-order valence-electron chi connectivity index (χ2n) is 6.61. The molecule has 1 amide bonds. The molecule has 0 aromatic rings. The summed E-state index contributed by atoms with van der Waals surface area (Å²) in [6, 6.07) is -0.0691. The minimum Gasteiger partial charge on any atom is -0.354 e. The van der Waals surface area contributed by atoms with E-state index in [1.54, 1.807) is 0 Å². The second kappa shape index (κ2) is 6.62. The van der Waals surface area contributed by atoms with Crippen molar-refractivity contribution in [1.29, 1.82) is 0 Å². The molecule has 2 unspecified atom stereocenters. The van der Waals surface area contributed by atoms with Crippen LogP contribution in [0.15, 0.2) is 0 Å². The lowest BCUT2D eigenvalue weighted by Gasteiger charge is -2.32. The molecule has 21 heavy (non-hydrogen) atoms. The third-order valence-corrected chi connectivity index (χ3v) is 5.48. The molecule has 2 aliphatic rings. The lowest BCUT2D eigenvalue weighted by Crippen LogP contribution is -2.56. The van der Waals surface area contributed by atoms with Crippen molar-refractivity contribution < 1.29 is 13.2 Å². The molecule has 0 spiro atoms. The van der Waals surface area contributed by atoms with Crippen molar-refractivity contribution in [2.24, 2.45) is 11.7 Å². The van der Waals surface area contributed by atoms with Crippen LogP contribution in [-0.4, -0.2) is 38.7 Å². The first-order valence-corrected chi connectivity index (χ1v) is 9.74. The molecule has 7 heteroatoms. The maximum Gasteiger partial charge on any atom is 0.240 e. The number of hydrogen-bond donors (Lipinski definition) is 3. The lowest BCUT2D eigenvalue weighted by molar-refractivity contribution is -0.127. The Morgan fingerprint density at radius 2 is 1.86 bits per heavy atom. The SMILES string of the molecule is CS(=O)(=O)NC1CCCC1CNC(=O)C1(N)CCCCC1. The van der Waals surface area contributed by atoms with Gasteiger partial charge in [-0.15, -0.1) is 0 Å². The third kappa shape index (κ3) is 4.66. The smallest absolute Gasteiger partial charge is 0.240 e. The number of nitrogens with two attached hydrogens (primary N) is 1. The molecule has 2 saturated carbocycles. The summed E-state index contributed by atoms with van der Waals surface area (Å²) in [5, 5.41) is 2.95. The molecule has 6 nitrogen and oxygen atoms in total. The molecule has 0 aromatic heterocycles. The van der Waals surface area contributed by atoms with Crippen LogP contribution in [0.25, 0.3) is 0 Å². The predicted octanol–water partition coefficient (Wildman–Crippen LogP) is 0.482. The monoisotopic (exact) mass is 317 g/mol. The number of sulfonamides is 1. The van der Waals surface area contributed by atoms with Crippen LogP contribution in [-0.2, 0) is 14.8 Å². The van der Waals surface area contributed by atoms with Gasteiger partial charge in [-0.1, -0.05) is 25.7 Å². The first-order valence-electron chi connectivity index (χ1n) is 7.85. The first-order chi connectivity index (χ1) is 9.80. The zero-order valence-electron chi connectivity index (χ0n) is 12.7. The third-order valence-electron chi connectivity index (χ3n) is 4.75. The van der Waals surface area contributed by atoms with Gasteiger partial charge in [0.1, 0.15) is 0 Å². The highest BCUT2D eigenvalue weighted by atomic mass is 32.2. The number of amides is 1. The van der Waals surface area contributed by atoms with Crippen molar-refractivity contribution in [1.82, 2.24) is 10.0 Å². The van der Waals surface area contributed by atoms with Gasteiger partial charge in [0.2, 0.25) is 15.9 Å². The van der Waals surface area contributed by atoms with E-state index in [2.05, 4.69) is 10.0 Å². The maximum absolute atomic E-state index is 12.3. The summed E-state index contributed by atoms with van der Waals surface area (Å²) in [6.07, 6.45) is 8.58. The van der Waals surface area contributed by atoms with Gasteiger partial charge >= 0.3 is 0 Å². The van der Waals surface area contributed by atoms with Gasteiger partial charge in [0.15, 0.2) is 0 Å². The molecular weight excluding hydrogens is 290 g/mol. The van der Waals surface area contributed by atoms with Crippen molar-refractivity contribution in [2.75, 3.05) is 12.8 Å². The molecule has 2 atom stereocenters. The predicted molar refractivity (Wildman–Crippen MR) is 82.1 cm³/mol. The Hall–Kier alpha value is -0.660. The zero-order chi connectivity index (χ0) is 15.5. The topological polar surface area (TPSA) is 101 Å². The standard InChI is InChI=1S/C14H27N3O3S/c1-21(19,20)17-12-7-5-6-11(12)10-16-13(18)14(15)8-3-2-4-9-14/h11-12,17H,2-10,15H2,1H3,(H,16,18). The van der Waals surface area contributed by atoms with Crippen LogP contribution in [0.2, 0.25) is 0 Å². The van der Waals surface area contributed by atoms with Crippen LogP contribution in [0.5, 0.6) is 0 Å². The Labute approximate surface area is 127 Å². The Kier molecular flexibility index (Phi) is 5.27. The van der Waals surface area contributed by atoms with Crippen LogP contribution in [0.3, 0.4) is 0 Å². The molecule has 0 radical (unpaired) electrons. The Morgan fingerprint density at radius 3 is 2.48 bits per heavy atom. The number of carbonyl (C=O) groups excluding carboxylic acids is 1. The molecule has 4 N–H and O–H groups in total. The van der Waals surface area contributed by atoms with Gasteiger partial charge in [0.25, 0.3) is 0 Å². The molecule has 2 aliphatic carbocycles. The zero-order valence-corrected chi connectivity index (χ0v) is 13.5. The summed E-state index contributed by atoms with van der Waals surface area (Å²) in [7, 11) is -3.20. The van der Waals surface area contributed by atoms with Crippen LogP contribution in [0.1, 0.15) is 51.4 Å². The van der Waals surface area contributed by atoms with Gasteiger partial charge in [-0.2, -0.15) is 0 Å². The Bertz CT molecular complexity index is 472. The number of hydrogen-bond acceptors (Lipinski definition) is 4. The van der Waals surface area contributed by atoms with E-state index in [1.165, 1.54) is 6.26 Å². The summed E-state index contributed by atoms with van der Waals surface area (Å²) >= 11 is 0.